The highest BCUT2D eigenvalue weighted by Crippen LogP contribution is 2.17. The highest BCUT2D eigenvalue weighted by molar-refractivity contribution is 7.12. The van der Waals surface area contributed by atoms with E-state index in [9.17, 15) is 9.59 Å². The summed E-state index contributed by atoms with van der Waals surface area (Å²) in [5.74, 6) is -0.801. The van der Waals surface area contributed by atoms with Crippen LogP contribution in [0.5, 0.6) is 0 Å². The maximum Gasteiger partial charge on any atom is 0.308 e. The highest BCUT2D eigenvalue weighted by Gasteiger charge is 2.14. The van der Waals surface area contributed by atoms with Crippen molar-refractivity contribution in [3.05, 3.63) is 21.9 Å². The smallest absolute Gasteiger partial charge is 0.308 e. The Balaban J connectivity index is 2.46. The van der Waals surface area contributed by atoms with E-state index in [2.05, 4.69) is 5.32 Å². The van der Waals surface area contributed by atoms with Gasteiger partial charge in [0.05, 0.1) is 12.5 Å². The van der Waals surface area contributed by atoms with Crippen molar-refractivity contribution < 1.29 is 14.7 Å². The lowest BCUT2D eigenvalue weighted by Crippen LogP contribution is -2.40. The Morgan fingerprint density at radius 2 is 2.00 bits per heavy atom. The largest absolute Gasteiger partial charge is 0.481 e. The molecule has 0 aliphatic rings. The third kappa shape index (κ3) is 4.46. The van der Waals surface area contributed by atoms with Crippen LogP contribution in [0.25, 0.3) is 0 Å². The average Bonchev–Trinajstić information content (AvgIpc) is 2.71. The van der Waals surface area contributed by atoms with Crippen molar-refractivity contribution in [2.24, 2.45) is 0 Å². The second-order valence-electron chi connectivity index (χ2n) is 4.27. The van der Waals surface area contributed by atoms with Crippen molar-refractivity contribution in [2.45, 2.75) is 25.9 Å². The summed E-state index contributed by atoms with van der Waals surface area (Å²) in [7, 11) is 3.44. The zero-order chi connectivity index (χ0) is 13.7. The fraction of sp³-hybridized carbons (Fsp3) is 0.500. The fourth-order valence-corrected chi connectivity index (χ4v) is 2.45. The minimum atomic E-state index is -0.826. The Morgan fingerprint density at radius 1 is 1.39 bits per heavy atom. The molecule has 1 rings (SSSR count). The lowest BCUT2D eigenvalue weighted by Gasteiger charge is -2.17. The summed E-state index contributed by atoms with van der Waals surface area (Å²) in [6.45, 7) is 2.39. The second-order valence-corrected chi connectivity index (χ2v) is 5.53. The minimum absolute atomic E-state index is 0.0253. The number of rotatable bonds is 6. The van der Waals surface area contributed by atoms with E-state index in [1.165, 1.54) is 11.3 Å². The molecule has 1 atom stereocenters. The van der Waals surface area contributed by atoms with Gasteiger partial charge in [-0.3, -0.25) is 9.59 Å². The molecule has 0 saturated carbocycles. The molecule has 0 aromatic carbocycles. The van der Waals surface area contributed by atoms with Crippen LogP contribution in [0.4, 0.5) is 0 Å². The quantitative estimate of drug-likeness (QED) is 0.807. The molecule has 0 aliphatic heterocycles. The number of amides is 1. The van der Waals surface area contributed by atoms with Crippen LogP contribution in [-0.4, -0.2) is 42.0 Å². The summed E-state index contributed by atoms with van der Waals surface area (Å²) in [4.78, 5) is 25.6. The summed E-state index contributed by atoms with van der Waals surface area (Å²) in [5, 5.41) is 11.8. The van der Waals surface area contributed by atoms with Gasteiger partial charge >= 0.3 is 5.97 Å². The third-order valence-electron chi connectivity index (χ3n) is 2.44. The van der Waals surface area contributed by atoms with Crippen LogP contribution in [0, 0.1) is 0 Å². The summed E-state index contributed by atoms with van der Waals surface area (Å²) in [6.07, 6.45) is 0.0524. The van der Waals surface area contributed by atoms with E-state index in [4.69, 9.17) is 5.11 Å². The van der Waals surface area contributed by atoms with Crippen molar-refractivity contribution in [2.75, 3.05) is 14.1 Å². The Hall–Kier alpha value is -1.40. The standard InChI is InChI=1S/C12H18N2O3S/c1-8(12(17)14(2)3)13-7-10-5-4-9(18-10)6-11(15)16/h4-5,8,13H,6-7H2,1-3H3,(H,15,16). The number of hydrogen-bond donors (Lipinski definition) is 2. The van der Waals surface area contributed by atoms with E-state index in [0.29, 0.717) is 6.54 Å². The van der Waals surface area contributed by atoms with Gasteiger partial charge in [0.15, 0.2) is 0 Å². The summed E-state index contributed by atoms with van der Waals surface area (Å²) in [6, 6.07) is 3.46. The fourth-order valence-electron chi connectivity index (χ4n) is 1.49. The summed E-state index contributed by atoms with van der Waals surface area (Å²) in [5.41, 5.74) is 0. The molecule has 0 spiro atoms. The molecular formula is C12H18N2O3S. The molecule has 100 valence electrons. The lowest BCUT2D eigenvalue weighted by atomic mass is 10.3. The van der Waals surface area contributed by atoms with Gasteiger partial charge < -0.3 is 15.3 Å². The van der Waals surface area contributed by atoms with Gasteiger partial charge in [-0.05, 0) is 19.1 Å². The van der Waals surface area contributed by atoms with Crippen molar-refractivity contribution >= 4 is 23.2 Å². The van der Waals surface area contributed by atoms with Gasteiger partial charge in [-0.1, -0.05) is 0 Å². The van der Waals surface area contributed by atoms with E-state index < -0.39 is 5.97 Å². The molecular weight excluding hydrogens is 252 g/mol. The van der Waals surface area contributed by atoms with Gasteiger partial charge in [0, 0.05) is 30.4 Å². The number of carbonyl (C=O) groups is 2. The van der Waals surface area contributed by atoms with Gasteiger partial charge in [-0.15, -0.1) is 11.3 Å². The topological polar surface area (TPSA) is 69.6 Å². The van der Waals surface area contributed by atoms with E-state index >= 15 is 0 Å². The number of likely N-dealkylation sites (N-methyl/N-ethyl adjacent to an activating group) is 1. The second kappa shape index (κ2) is 6.51. The predicted molar refractivity (Wildman–Crippen MR) is 70.7 cm³/mol. The first-order chi connectivity index (χ1) is 8.40. The van der Waals surface area contributed by atoms with E-state index in [0.717, 1.165) is 9.75 Å². The maximum atomic E-state index is 11.6. The summed E-state index contributed by atoms with van der Waals surface area (Å²) < 4.78 is 0. The molecule has 0 radical (unpaired) electrons. The molecule has 6 heteroatoms. The van der Waals surface area contributed by atoms with Gasteiger partial charge in [-0.25, -0.2) is 0 Å². The first-order valence-electron chi connectivity index (χ1n) is 5.64. The molecule has 0 saturated heterocycles. The molecule has 0 bridgehead atoms. The van der Waals surface area contributed by atoms with Crippen molar-refractivity contribution in [3.8, 4) is 0 Å². The number of aliphatic carboxylic acids is 1. The van der Waals surface area contributed by atoms with Crippen LogP contribution in [0.2, 0.25) is 0 Å². The molecule has 18 heavy (non-hydrogen) atoms. The molecule has 1 heterocycles. The van der Waals surface area contributed by atoms with Crippen molar-refractivity contribution in [1.29, 1.82) is 0 Å². The number of nitrogens with zero attached hydrogens (tertiary/aromatic N) is 1. The van der Waals surface area contributed by atoms with Gasteiger partial charge in [0.1, 0.15) is 0 Å². The first-order valence-corrected chi connectivity index (χ1v) is 6.45. The number of thiophene rings is 1. The Kier molecular flexibility index (Phi) is 5.30. The molecule has 1 aromatic heterocycles. The zero-order valence-electron chi connectivity index (χ0n) is 10.8. The van der Waals surface area contributed by atoms with E-state index in [1.807, 2.05) is 19.1 Å². The Morgan fingerprint density at radius 3 is 2.56 bits per heavy atom. The minimum Gasteiger partial charge on any atom is -0.481 e. The lowest BCUT2D eigenvalue weighted by molar-refractivity contribution is -0.136. The number of carboxylic acids is 1. The number of carbonyl (C=O) groups excluding carboxylic acids is 1. The first kappa shape index (κ1) is 14.7. The van der Waals surface area contributed by atoms with Gasteiger partial charge in [-0.2, -0.15) is 0 Å². The number of hydrogen-bond acceptors (Lipinski definition) is 4. The Bertz CT molecular complexity index is 429. The number of carboxylic acid groups (broad SMARTS) is 1. The zero-order valence-corrected chi connectivity index (χ0v) is 11.6. The van der Waals surface area contributed by atoms with Gasteiger partial charge in [0.2, 0.25) is 5.91 Å². The molecule has 1 amide bonds. The van der Waals surface area contributed by atoms with Crippen LogP contribution < -0.4 is 5.32 Å². The molecule has 2 N–H and O–H groups in total. The normalized spacial score (nSPS) is 12.2. The third-order valence-corrected chi connectivity index (χ3v) is 3.52. The van der Waals surface area contributed by atoms with Crippen LogP contribution in [0.3, 0.4) is 0 Å². The maximum absolute atomic E-state index is 11.6. The highest BCUT2D eigenvalue weighted by atomic mass is 32.1. The molecule has 0 fully saturated rings. The van der Waals surface area contributed by atoms with Crippen LogP contribution in [-0.2, 0) is 22.6 Å². The average molecular weight is 270 g/mol. The Labute approximate surface area is 110 Å². The van der Waals surface area contributed by atoms with E-state index in [-0.39, 0.29) is 18.4 Å². The van der Waals surface area contributed by atoms with Crippen LogP contribution in [0.1, 0.15) is 16.7 Å². The summed E-state index contributed by atoms with van der Waals surface area (Å²) >= 11 is 1.46. The van der Waals surface area contributed by atoms with Crippen molar-refractivity contribution in [3.63, 3.8) is 0 Å². The molecule has 5 nitrogen and oxygen atoms in total. The van der Waals surface area contributed by atoms with Crippen LogP contribution in [0.15, 0.2) is 12.1 Å². The van der Waals surface area contributed by atoms with Crippen LogP contribution >= 0.6 is 11.3 Å². The molecule has 1 aromatic rings. The molecule has 0 aliphatic carbocycles. The van der Waals surface area contributed by atoms with Crippen molar-refractivity contribution in [1.82, 2.24) is 10.2 Å². The molecule has 1 unspecified atom stereocenters. The monoisotopic (exact) mass is 270 g/mol. The van der Waals surface area contributed by atoms with Gasteiger partial charge in [0.25, 0.3) is 0 Å². The number of nitrogens with one attached hydrogen (secondary N) is 1. The van der Waals surface area contributed by atoms with E-state index in [1.54, 1.807) is 19.0 Å². The SMILES string of the molecule is CC(NCc1ccc(CC(=O)O)s1)C(=O)N(C)C. The predicted octanol–water partition coefficient (Wildman–Crippen LogP) is 0.942.